The van der Waals surface area contributed by atoms with Crippen LogP contribution in [-0.4, -0.2) is 51.7 Å². The predicted octanol–water partition coefficient (Wildman–Crippen LogP) is 2.85. The Morgan fingerprint density at radius 3 is 2.71 bits per heavy atom. The Kier molecular flexibility index (Phi) is 5.24. The molecule has 0 aromatic heterocycles. The van der Waals surface area contributed by atoms with Crippen LogP contribution in [0.25, 0.3) is 0 Å². The van der Waals surface area contributed by atoms with E-state index in [2.05, 4.69) is 5.32 Å². The van der Waals surface area contributed by atoms with Crippen LogP contribution in [0, 0.1) is 0 Å². The van der Waals surface area contributed by atoms with Gasteiger partial charge in [-0.3, -0.25) is 4.79 Å². The maximum atomic E-state index is 13.8. The van der Waals surface area contributed by atoms with E-state index in [1.54, 1.807) is 0 Å². The number of nitrogens with one attached hydrogen (secondary N) is 1. The molecule has 3 aliphatic heterocycles. The Bertz CT molecular complexity index is 992. The Labute approximate surface area is 182 Å². The molecule has 0 saturated carbocycles. The zero-order chi connectivity index (χ0) is 21.4. The standard InChI is InChI=1S/C24H28N2O5/c1-16(2)28-11-9-25-8-5-10-26-19-7-4-3-6-17(19)24(23(26)27)14-29-20-13-22-21(12-18(20)24)30-15-31-22/h3-4,6-7,12-13,16,25H,5,8-11,14-15H2,1-2H3. The summed E-state index contributed by atoms with van der Waals surface area (Å²) in [5.74, 6) is 2.09. The van der Waals surface area contributed by atoms with Crippen LogP contribution < -0.4 is 24.4 Å². The Balaban J connectivity index is 1.35. The summed E-state index contributed by atoms with van der Waals surface area (Å²) in [4.78, 5) is 15.7. The number of para-hydroxylation sites is 1. The number of hydrogen-bond donors (Lipinski definition) is 1. The molecule has 0 radical (unpaired) electrons. The molecule has 1 amide bonds. The second kappa shape index (κ2) is 8.05. The highest BCUT2D eigenvalue weighted by Gasteiger charge is 2.57. The van der Waals surface area contributed by atoms with Crippen molar-refractivity contribution in [3.63, 3.8) is 0 Å². The van der Waals surface area contributed by atoms with Gasteiger partial charge in [-0.05, 0) is 44.5 Å². The number of rotatable bonds is 8. The molecule has 0 bridgehead atoms. The van der Waals surface area contributed by atoms with Crippen LogP contribution in [0.1, 0.15) is 31.4 Å². The lowest BCUT2D eigenvalue weighted by Gasteiger charge is -2.23. The van der Waals surface area contributed by atoms with Crippen molar-refractivity contribution in [2.45, 2.75) is 31.8 Å². The fraction of sp³-hybridized carbons (Fsp3) is 0.458. The quantitative estimate of drug-likeness (QED) is 0.658. The zero-order valence-electron chi connectivity index (χ0n) is 18.0. The van der Waals surface area contributed by atoms with Gasteiger partial charge in [-0.1, -0.05) is 18.2 Å². The monoisotopic (exact) mass is 424 g/mol. The van der Waals surface area contributed by atoms with Crippen LogP contribution in [0.3, 0.4) is 0 Å². The third-order valence-corrected chi connectivity index (χ3v) is 6.11. The molecule has 1 spiro atoms. The molecule has 1 N–H and O–H groups in total. The van der Waals surface area contributed by atoms with Crippen LogP contribution in [0.5, 0.6) is 17.2 Å². The highest BCUT2D eigenvalue weighted by atomic mass is 16.7. The van der Waals surface area contributed by atoms with Crippen molar-refractivity contribution < 1.29 is 23.7 Å². The smallest absolute Gasteiger partial charge is 0.245 e. The topological polar surface area (TPSA) is 69.3 Å². The molecule has 5 rings (SSSR count). The maximum absolute atomic E-state index is 13.8. The van der Waals surface area contributed by atoms with E-state index >= 15 is 0 Å². The number of nitrogens with zero attached hydrogens (tertiary/aromatic N) is 1. The van der Waals surface area contributed by atoms with Gasteiger partial charge in [0.15, 0.2) is 11.5 Å². The van der Waals surface area contributed by atoms with E-state index in [0.717, 1.165) is 36.3 Å². The van der Waals surface area contributed by atoms with E-state index in [-0.39, 0.29) is 18.8 Å². The lowest BCUT2D eigenvalue weighted by molar-refractivity contribution is -0.122. The van der Waals surface area contributed by atoms with Crippen LogP contribution in [0.15, 0.2) is 36.4 Å². The minimum absolute atomic E-state index is 0.0643. The number of carbonyl (C=O) groups is 1. The van der Waals surface area contributed by atoms with Gasteiger partial charge in [0, 0.05) is 30.4 Å². The molecule has 1 atom stereocenters. The molecule has 164 valence electrons. The first-order valence-electron chi connectivity index (χ1n) is 10.9. The van der Waals surface area contributed by atoms with Crippen molar-refractivity contribution in [1.29, 1.82) is 0 Å². The number of ether oxygens (including phenoxy) is 4. The second-order valence-electron chi connectivity index (χ2n) is 8.39. The largest absolute Gasteiger partial charge is 0.491 e. The van der Waals surface area contributed by atoms with Gasteiger partial charge in [-0.2, -0.15) is 0 Å². The van der Waals surface area contributed by atoms with Crippen LogP contribution in [0.4, 0.5) is 5.69 Å². The number of amides is 1. The number of carbonyl (C=O) groups excluding carboxylic acids is 1. The molecule has 7 heteroatoms. The summed E-state index contributed by atoms with van der Waals surface area (Å²) in [6.07, 6.45) is 1.10. The van der Waals surface area contributed by atoms with Crippen molar-refractivity contribution in [2.75, 3.05) is 44.5 Å². The van der Waals surface area contributed by atoms with Gasteiger partial charge >= 0.3 is 0 Å². The number of anilines is 1. The van der Waals surface area contributed by atoms with Crippen molar-refractivity contribution in [3.8, 4) is 17.2 Å². The fourth-order valence-corrected chi connectivity index (χ4v) is 4.64. The SMILES string of the molecule is CC(C)OCCNCCCN1C(=O)C2(COc3cc4c(cc32)OCO4)c2ccccc21. The average molecular weight is 424 g/mol. The van der Waals surface area contributed by atoms with Crippen molar-refractivity contribution in [2.24, 2.45) is 0 Å². The van der Waals surface area contributed by atoms with Gasteiger partial charge in [-0.15, -0.1) is 0 Å². The predicted molar refractivity (Wildman–Crippen MR) is 116 cm³/mol. The molecular formula is C24H28N2O5. The van der Waals surface area contributed by atoms with Gasteiger partial charge in [-0.25, -0.2) is 0 Å². The Morgan fingerprint density at radius 2 is 1.87 bits per heavy atom. The van der Waals surface area contributed by atoms with E-state index in [9.17, 15) is 4.79 Å². The molecular weight excluding hydrogens is 396 g/mol. The number of hydrogen-bond acceptors (Lipinski definition) is 6. The van der Waals surface area contributed by atoms with Crippen LogP contribution >= 0.6 is 0 Å². The zero-order valence-corrected chi connectivity index (χ0v) is 18.0. The average Bonchev–Trinajstić information content (AvgIpc) is 3.43. The molecule has 0 aliphatic carbocycles. The lowest BCUT2D eigenvalue weighted by Crippen LogP contribution is -2.43. The van der Waals surface area contributed by atoms with E-state index in [1.807, 2.05) is 55.1 Å². The molecule has 2 aromatic carbocycles. The highest BCUT2D eigenvalue weighted by Crippen LogP contribution is 2.54. The first-order chi connectivity index (χ1) is 15.1. The number of benzene rings is 2. The first-order valence-corrected chi connectivity index (χ1v) is 10.9. The minimum atomic E-state index is -0.828. The molecule has 31 heavy (non-hydrogen) atoms. The van der Waals surface area contributed by atoms with E-state index in [0.29, 0.717) is 37.0 Å². The molecule has 0 fully saturated rings. The molecule has 3 aliphatic rings. The fourth-order valence-electron chi connectivity index (χ4n) is 4.64. The summed E-state index contributed by atoms with van der Waals surface area (Å²) in [6, 6.07) is 11.8. The highest BCUT2D eigenvalue weighted by molar-refractivity contribution is 6.11. The van der Waals surface area contributed by atoms with Crippen LogP contribution in [0.2, 0.25) is 0 Å². The summed E-state index contributed by atoms with van der Waals surface area (Å²) < 4.78 is 22.6. The Morgan fingerprint density at radius 1 is 1.06 bits per heavy atom. The minimum Gasteiger partial charge on any atom is -0.491 e. The summed E-state index contributed by atoms with van der Waals surface area (Å²) >= 11 is 0. The van der Waals surface area contributed by atoms with E-state index in [4.69, 9.17) is 18.9 Å². The normalized spacial score (nSPS) is 20.5. The summed E-state index contributed by atoms with van der Waals surface area (Å²) in [5.41, 5.74) is 1.99. The molecule has 7 nitrogen and oxygen atoms in total. The first kappa shape index (κ1) is 20.2. The lowest BCUT2D eigenvalue weighted by atomic mass is 9.77. The van der Waals surface area contributed by atoms with Gasteiger partial charge in [0.05, 0.1) is 12.7 Å². The molecule has 0 saturated heterocycles. The second-order valence-corrected chi connectivity index (χ2v) is 8.39. The van der Waals surface area contributed by atoms with Gasteiger partial charge in [0.2, 0.25) is 12.7 Å². The maximum Gasteiger partial charge on any atom is 0.245 e. The number of fused-ring (bicyclic) bond motifs is 5. The molecule has 2 aromatic rings. The van der Waals surface area contributed by atoms with E-state index < -0.39 is 5.41 Å². The van der Waals surface area contributed by atoms with Gasteiger partial charge < -0.3 is 29.2 Å². The third kappa shape index (κ3) is 3.32. The third-order valence-electron chi connectivity index (χ3n) is 6.11. The summed E-state index contributed by atoms with van der Waals surface area (Å²) in [7, 11) is 0. The Hall–Kier alpha value is -2.77. The summed E-state index contributed by atoms with van der Waals surface area (Å²) in [6.45, 7) is 7.52. The van der Waals surface area contributed by atoms with Gasteiger partial charge in [0.1, 0.15) is 17.8 Å². The summed E-state index contributed by atoms with van der Waals surface area (Å²) in [5, 5.41) is 3.39. The van der Waals surface area contributed by atoms with Crippen molar-refractivity contribution in [1.82, 2.24) is 5.32 Å². The van der Waals surface area contributed by atoms with E-state index in [1.165, 1.54) is 0 Å². The van der Waals surface area contributed by atoms with Gasteiger partial charge in [0.25, 0.3) is 0 Å². The van der Waals surface area contributed by atoms with Crippen molar-refractivity contribution >= 4 is 11.6 Å². The van der Waals surface area contributed by atoms with Crippen LogP contribution in [-0.2, 0) is 14.9 Å². The molecule has 3 heterocycles. The van der Waals surface area contributed by atoms with Crippen molar-refractivity contribution in [3.05, 3.63) is 47.5 Å². The molecule has 1 unspecified atom stereocenters.